The molecule has 28 heavy (non-hydrogen) atoms. The molecule has 0 saturated carbocycles. The van der Waals surface area contributed by atoms with Gasteiger partial charge in [0.25, 0.3) is 0 Å². The Labute approximate surface area is 195 Å². The van der Waals surface area contributed by atoms with Crippen molar-refractivity contribution in [3.8, 4) is 0 Å². The molecule has 2 unspecified atom stereocenters. The van der Waals surface area contributed by atoms with Crippen molar-refractivity contribution in [1.29, 1.82) is 0 Å². The van der Waals surface area contributed by atoms with E-state index in [1.165, 1.54) is 13.5 Å². The molecule has 0 radical (unpaired) electrons. The summed E-state index contributed by atoms with van der Waals surface area (Å²) in [5.74, 6) is -1.21. The largest absolute Gasteiger partial charge is 0.483 e. The normalized spacial score (nSPS) is 11.9. The first-order valence-corrected chi connectivity index (χ1v) is 8.60. The molecule has 0 saturated heterocycles. The van der Waals surface area contributed by atoms with Gasteiger partial charge in [0.05, 0.1) is 12.6 Å². The first-order valence-electron chi connectivity index (χ1n) is 8.60. The van der Waals surface area contributed by atoms with Crippen LogP contribution >= 0.6 is 0 Å². The summed E-state index contributed by atoms with van der Waals surface area (Å²) >= 11 is 0. The third kappa shape index (κ3) is 15.3. The predicted octanol–water partition coefficient (Wildman–Crippen LogP) is -2.48. The molecule has 0 rings (SSSR count). The zero-order chi connectivity index (χ0) is 19.9. The fraction of sp³-hybridized carbons (Fsp3) is 0.688. The van der Waals surface area contributed by atoms with E-state index in [0.29, 0.717) is 19.4 Å². The molecule has 0 bridgehead atoms. The summed E-state index contributed by atoms with van der Waals surface area (Å²) in [6, 6.07) is -1.04. The van der Waals surface area contributed by atoms with E-state index in [-0.39, 0.29) is 85.3 Å². The van der Waals surface area contributed by atoms with E-state index in [4.69, 9.17) is 11.5 Å². The molecule has 0 fully saturated rings. The van der Waals surface area contributed by atoms with E-state index >= 15 is 0 Å². The number of hydrogen-bond donors (Lipinski definition) is 6. The van der Waals surface area contributed by atoms with Crippen molar-refractivity contribution in [3.63, 3.8) is 0 Å². The molecule has 10 nitrogen and oxygen atoms in total. The van der Waals surface area contributed by atoms with Crippen LogP contribution in [0.4, 0.5) is 0 Å². The Hall–Kier alpha value is -0.663. The number of ketones is 1. The molecule has 0 aliphatic heterocycles. The molecule has 8 N–H and O–H groups in total. The van der Waals surface area contributed by atoms with Gasteiger partial charge in [-0.15, -0.1) is 0 Å². The van der Waals surface area contributed by atoms with Crippen molar-refractivity contribution in [2.24, 2.45) is 11.5 Å². The number of likely N-dealkylation sites (N-methyl/N-ethyl adjacent to an activating group) is 1. The Bertz CT molecular complexity index is 482. The number of amides is 3. The Kier molecular flexibility index (Phi) is 22.5. The predicted molar refractivity (Wildman–Crippen MR) is 97.5 cm³/mol. The second-order valence-corrected chi connectivity index (χ2v) is 5.81. The van der Waals surface area contributed by atoms with Crippen LogP contribution < -0.4 is 32.7 Å². The molecule has 0 aromatic rings. The molecule has 0 aromatic carbocycles. The van der Waals surface area contributed by atoms with E-state index in [1.54, 1.807) is 7.05 Å². The van der Waals surface area contributed by atoms with Crippen molar-refractivity contribution in [2.75, 3.05) is 26.7 Å². The number of hydrogen-bond acceptors (Lipinski definition) is 7. The summed E-state index contributed by atoms with van der Waals surface area (Å²) in [6.45, 7) is 2.82. The topological polar surface area (TPSA) is 168 Å². The quantitative estimate of drug-likeness (QED) is 0.0848. The molecule has 0 aromatic heterocycles. The average molecular weight is 739 g/mol. The SMILES string of the molecule is CNC(CCCCNC(=O)C(CN)NC(=O)CNC(=O)C[CH-]N)C(C)=O.[W].[W]. The first kappa shape index (κ1) is 32.0. The van der Waals surface area contributed by atoms with Crippen molar-refractivity contribution >= 4 is 23.5 Å². The summed E-state index contributed by atoms with van der Waals surface area (Å²) in [6.07, 6.45) is 2.17. The Morgan fingerprint density at radius 3 is 2.14 bits per heavy atom. The molecule has 3 amide bonds. The van der Waals surface area contributed by atoms with Gasteiger partial charge in [0, 0.05) is 55.2 Å². The molecule has 0 spiro atoms. The van der Waals surface area contributed by atoms with Crippen LogP contribution in [0.3, 0.4) is 0 Å². The molecule has 0 heterocycles. The fourth-order valence-electron chi connectivity index (χ4n) is 2.19. The monoisotopic (exact) mass is 739 g/mol. The summed E-state index contributed by atoms with van der Waals surface area (Å²) in [7, 11) is 1.74. The van der Waals surface area contributed by atoms with Gasteiger partial charge in [-0.3, -0.25) is 25.7 Å². The standard InChI is InChI=1S/C16H31N6O4.2W/c1-11(23)12(19-2)5-3-4-8-20-16(26)13(9-18)22-15(25)10-21-14(24)6-7-17;;/h7,12-13,19H,3-6,8-10,17-18H2,1-2H3,(H,20,26)(H,21,24)(H,22,25);;/q-1;;. The third-order valence-corrected chi connectivity index (χ3v) is 3.69. The van der Waals surface area contributed by atoms with Crippen LogP contribution in [-0.2, 0) is 61.3 Å². The zero-order valence-corrected chi connectivity index (χ0v) is 22.2. The summed E-state index contributed by atoms with van der Waals surface area (Å²) in [5, 5.41) is 10.5. The minimum atomic E-state index is -0.872. The number of carbonyl (C=O) groups excluding carboxylic acids is 4. The minimum absolute atomic E-state index is 0. The second kappa shape index (κ2) is 19.6. The van der Waals surface area contributed by atoms with Gasteiger partial charge in [0.1, 0.15) is 11.8 Å². The van der Waals surface area contributed by atoms with Gasteiger partial charge in [0.2, 0.25) is 11.8 Å². The van der Waals surface area contributed by atoms with E-state index in [9.17, 15) is 19.2 Å². The van der Waals surface area contributed by atoms with E-state index in [2.05, 4.69) is 21.3 Å². The van der Waals surface area contributed by atoms with Crippen molar-refractivity contribution in [2.45, 2.75) is 44.7 Å². The van der Waals surface area contributed by atoms with E-state index in [1.807, 2.05) is 0 Å². The van der Waals surface area contributed by atoms with Gasteiger partial charge in [0.15, 0.2) is 5.91 Å². The van der Waals surface area contributed by atoms with Crippen LogP contribution in [0.25, 0.3) is 0 Å². The van der Waals surface area contributed by atoms with Gasteiger partial charge < -0.3 is 32.7 Å². The van der Waals surface area contributed by atoms with Crippen LogP contribution in [0, 0.1) is 6.54 Å². The Morgan fingerprint density at radius 1 is 1.00 bits per heavy atom. The maximum atomic E-state index is 12.0. The summed E-state index contributed by atoms with van der Waals surface area (Å²) in [5.41, 5.74) is 10.6. The molecule has 2 atom stereocenters. The van der Waals surface area contributed by atoms with Gasteiger partial charge in [-0.2, -0.15) is 0 Å². The maximum absolute atomic E-state index is 12.0. The van der Waals surface area contributed by atoms with E-state index in [0.717, 1.165) is 6.42 Å². The van der Waals surface area contributed by atoms with Gasteiger partial charge >= 0.3 is 0 Å². The van der Waals surface area contributed by atoms with Crippen LogP contribution in [0.1, 0.15) is 32.6 Å². The van der Waals surface area contributed by atoms with Gasteiger partial charge in [-0.1, -0.05) is 6.42 Å². The van der Waals surface area contributed by atoms with E-state index < -0.39 is 11.9 Å². The number of carbonyl (C=O) groups is 4. The molecule has 0 aliphatic carbocycles. The average Bonchev–Trinajstić information content (AvgIpc) is 2.60. The van der Waals surface area contributed by atoms with Gasteiger partial charge in [-0.25, -0.2) is 0 Å². The van der Waals surface area contributed by atoms with Crippen molar-refractivity contribution in [3.05, 3.63) is 6.54 Å². The molecular formula is C16H31N6O4W2-. The Morgan fingerprint density at radius 2 is 1.64 bits per heavy atom. The number of nitrogens with one attached hydrogen (secondary N) is 4. The number of rotatable bonds is 14. The maximum Gasteiger partial charge on any atom is 0.243 e. The summed E-state index contributed by atoms with van der Waals surface area (Å²) in [4.78, 5) is 46.3. The third-order valence-electron chi connectivity index (χ3n) is 3.69. The Balaban J connectivity index is -0.00000312. The smallest absolute Gasteiger partial charge is 0.243 e. The summed E-state index contributed by atoms with van der Waals surface area (Å²) < 4.78 is 0. The number of nitrogens with two attached hydrogens (primary N) is 2. The zero-order valence-electron chi connectivity index (χ0n) is 16.3. The second-order valence-electron chi connectivity index (χ2n) is 5.81. The molecule has 12 heteroatoms. The van der Waals surface area contributed by atoms with Crippen molar-refractivity contribution < 1.29 is 61.3 Å². The van der Waals surface area contributed by atoms with Crippen LogP contribution in [-0.4, -0.2) is 62.3 Å². The van der Waals surface area contributed by atoms with Crippen LogP contribution in [0.15, 0.2) is 0 Å². The fourth-order valence-corrected chi connectivity index (χ4v) is 2.19. The first-order chi connectivity index (χ1) is 12.3. The molecule has 0 aliphatic rings. The number of Topliss-reactive ketones (excluding diaryl/α,β-unsaturated/α-hetero) is 1. The van der Waals surface area contributed by atoms with Crippen LogP contribution in [0.5, 0.6) is 0 Å². The minimum Gasteiger partial charge on any atom is -0.483 e. The van der Waals surface area contributed by atoms with Crippen molar-refractivity contribution in [1.82, 2.24) is 21.3 Å². The molecule has 162 valence electrons. The van der Waals surface area contributed by atoms with Gasteiger partial charge in [-0.05, 0) is 33.2 Å². The van der Waals surface area contributed by atoms with Crippen LogP contribution in [0.2, 0.25) is 0 Å². The number of unbranched alkanes of at least 4 members (excludes halogenated alkanes) is 1. The molecular weight excluding hydrogens is 708 g/mol.